The molecule has 0 bridgehead atoms. The minimum absolute atomic E-state index is 0.113. The molecule has 0 amide bonds. The van der Waals surface area contributed by atoms with Crippen molar-refractivity contribution in [3.05, 3.63) is 46.0 Å². The monoisotopic (exact) mass is 279 g/mol. The summed E-state index contributed by atoms with van der Waals surface area (Å²) in [5, 5.41) is 11.0. The standard InChI is InChI=1S/C15H21NO2S/c17-16(18)11-15(14-9-5-2-6-10-14)19-12-13-7-3-1-4-8-13/h1,3-4,7-8,14-15H,2,5-6,9-12H2. The van der Waals surface area contributed by atoms with Crippen molar-refractivity contribution in [1.82, 2.24) is 0 Å². The molecule has 3 nitrogen and oxygen atoms in total. The Labute approximate surface area is 118 Å². The lowest BCUT2D eigenvalue weighted by Gasteiger charge is -2.27. The van der Waals surface area contributed by atoms with Gasteiger partial charge in [0.2, 0.25) is 6.54 Å². The summed E-state index contributed by atoms with van der Waals surface area (Å²) in [5.74, 6) is 1.42. The maximum absolute atomic E-state index is 10.9. The Morgan fingerprint density at radius 2 is 1.89 bits per heavy atom. The third-order valence-electron chi connectivity index (χ3n) is 3.81. The smallest absolute Gasteiger partial charge is 0.215 e. The summed E-state index contributed by atoms with van der Waals surface area (Å²) in [6, 6.07) is 10.2. The fourth-order valence-electron chi connectivity index (χ4n) is 2.77. The van der Waals surface area contributed by atoms with Crippen molar-refractivity contribution in [2.45, 2.75) is 43.1 Å². The highest BCUT2D eigenvalue weighted by Gasteiger charge is 2.27. The van der Waals surface area contributed by atoms with Crippen LogP contribution in [0, 0.1) is 16.0 Å². The largest absolute Gasteiger partial charge is 0.265 e. The van der Waals surface area contributed by atoms with E-state index in [2.05, 4.69) is 12.1 Å². The Kier molecular flexibility index (Phi) is 5.70. The molecule has 1 aliphatic rings. The van der Waals surface area contributed by atoms with Gasteiger partial charge in [0.25, 0.3) is 0 Å². The molecule has 1 saturated carbocycles. The zero-order valence-electron chi connectivity index (χ0n) is 11.2. The second-order valence-electron chi connectivity index (χ2n) is 5.25. The van der Waals surface area contributed by atoms with Gasteiger partial charge in [-0.15, -0.1) is 11.8 Å². The van der Waals surface area contributed by atoms with Gasteiger partial charge in [-0.3, -0.25) is 10.1 Å². The van der Waals surface area contributed by atoms with Crippen LogP contribution in [-0.2, 0) is 5.75 Å². The van der Waals surface area contributed by atoms with Gasteiger partial charge < -0.3 is 0 Å². The first-order valence-corrected chi connectivity index (χ1v) is 8.08. The fraction of sp³-hybridized carbons (Fsp3) is 0.600. The third-order valence-corrected chi connectivity index (χ3v) is 5.27. The van der Waals surface area contributed by atoms with Crippen LogP contribution < -0.4 is 0 Å². The predicted octanol–water partition coefficient (Wildman–Crippen LogP) is 4.15. The Balaban J connectivity index is 1.91. The van der Waals surface area contributed by atoms with Crippen molar-refractivity contribution in [2.75, 3.05) is 6.54 Å². The average molecular weight is 279 g/mol. The molecule has 0 N–H and O–H groups in total. The Morgan fingerprint density at radius 3 is 2.53 bits per heavy atom. The van der Waals surface area contributed by atoms with Crippen molar-refractivity contribution in [3.8, 4) is 0 Å². The molecule has 1 unspecified atom stereocenters. The van der Waals surface area contributed by atoms with Gasteiger partial charge in [0.15, 0.2) is 0 Å². The van der Waals surface area contributed by atoms with E-state index in [9.17, 15) is 10.1 Å². The first kappa shape index (κ1) is 14.4. The lowest BCUT2D eigenvalue weighted by atomic mass is 9.87. The van der Waals surface area contributed by atoms with Crippen molar-refractivity contribution in [3.63, 3.8) is 0 Å². The average Bonchev–Trinajstić information content (AvgIpc) is 2.45. The number of hydrogen-bond donors (Lipinski definition) is 0. The quantitative estimate of drug-likeness (QED) is 0.580. The van der Waals surface area contributed by atoms with Gasteiger partial charge in [-0.25, -0.2) is 0 Å². The molecular formula is C15H21NO2S. The second kappa shape index (κ2) is 7.53. The second-order valence-corrected chi connectivity index (χ2v) is 6.48. The molecule has 1 atom stereocenters. The molecular weight excluding hydrogens is 258 g/mol. The van der Waals surface area contributed by atoms with E-state index in [0.29, 0.717) is 5.92 Å². The van der Waals surface area contributed by atoms with E-state index in [4.69, 9.17) is 0 Å². The molecule has 0 aliphatic heterocycles. The molecule has 1 aromatic carbocycles. The minimum atomic E-state index is -0.142. The highest BCUT2D eigenvalue weighted by atomic mass is 32.2. The first-order valence-electron chi connectivity index (χ1n) is 7.03. The lowest BCUT2D eigenvalue weighted by molar-refractivity contribution is -0.480. The summed E-state index contributed by atoms with van der Waals surface area (Å²) < 4.78 is 0. The molecule has 2 rings (SSSR count). The Hall–Kier alpha value is -1.03. The van der Waals surface area contributed by atoms with Gasteiger partial charge in [-0.1, -0.05) is 49.6 Å². The zero-order chi connectivity index (χ0) is 13.5. The van der Waals surface area contributed by atoms with Gasteiger partial charge in [0.05, 0.1) is 5.25 Å². The molecule has 1 fully saturated rings. The van der Waals surface area contributed by atoms with Gasteiger partial charge in [0, 0.05) is 10.7 Å². The van der Waals surface area contributed by atoms with E-state index in [1.165, 1.54) is 37.7 Å². The van der Waals surface area contributed by atoms with E-state index in [1.807, 2.05) is 18.2 Å². The van der Waals surface area contributed by atoms with E-state index < -0.39 is 0 Å². The summed E-state index contributed by atoms with van der Waals surface area (Å²) in [5.41, 5.74) is 1.26. The van der Waals surface area contributed by atoms with Crippen LogP contribution in [0.1, 0.15) is 37.7 Å². The lowest BCUT2D eigenvalue weighted by Crippen LogP contribution is -2.27. The van der Waals surface area contributed by atoms with Crippen molar-refractivity contribution < 1.29 is 4.92 Å². The predicted molar refractivity (Wildman–Crippen MR) is 80.0 cm³/mol. The first-order chi connectivity index (χ1) is 9.25. The Morgan fingerprint density at radius 1 is 1.21 bits per heavy atom. The summed E-state index contributed by atoms with van der Waals surface area (Å²) >= 11 is 1.77. The highest BCUT2D eigenvalue weighted by Crippen LogP contribution is 2.34. The van der Waals surface area contributed by atoms with Gasteiger partial charge >= 0.3 is 0 Å². The molecule has 19 heavy (non-hydrogen) atoms. The fourth-order valence-corrected chi connectivity index (χ4v) is 4.14. The van der Waals surface area contributed by atoms with E-state index in [-0.39, 0.29) is 16.7 Å². The third kappa shape index (κ3) is 4.86. The van der Waals surface area contributed by atoms with Crippen LogP contribution in [0.2, 0.25) is 0 Å². The van der Waals surface area contributed by atoms with Gasteiger partial charge in [-0.05, 0) is 24.3 Å². The number of hydrogen-bond acceptors (Lipinski definition) is 3. The van der Waals surface area contributed by atoms with Gasteiger partial charge in [0.1, 0.15) is 0 Å². The van der Waals surface area contributed by atoms with Crippen LogP contribution in [0.25, 0.3) is 0 Å². The normalized spacial score (nSPS) is 18.1. The van der Waals surface area contributed by atoms with Crippen LogP contribution in [0.15, 0.2) is 30.3 Å². The number of thioether (sulfide) groups is 1. The molecule has 1 aliphatic carbocycles. The molecule has 1 aromatic rings. The maximum Gasteiger partial charge on any atom is 0.215 e. The van der Waals surface area contributed by atoms with Crippen molar-refractivity contribution in [2.24, 2.45) is 5.92 Å². The molecule has 104 valence electrons. The van der Waals surface area contributed by atoms with E-state index in [0.717, 1.165) is 5.75 Å². The van der Waals surface area contributed by atoms with E-state index >= 15 is 0 Å². The molecule has 0 saturated heterocycles. The van der Waals surface area contributed by atoms with Crippen molar-refractivity contribution >= 4 is 11.8 Å². The molecule has 4 heteroatoms. The van der Waals surface area contributed by atoms with Crippen LogP contribution >= 0.6 is 11.8 Å². The molecule has 0 heterocycles. The van der Waals surface area contributed by atoms with E-state index in [1.54, 1.807) is 11.8 Å². The summed E-state index contributed by atoms with van der Waals surface area (Å²) in [4.78, 5) is 10.7. The van der Waals surface area contributed by atoms with Crippen LogP contribution in [-0.4, -0.2) is 16.7 Å². The molecule has 0 radical (unpaired) electrons. The number of nitro groups is 1. The number of nitrogens with zero attached hydrogens (tertiary/aromatic N) is 1. The topological polar surface area (TPSA) is 43.1 Å². The molecule has 0 spiro atoms. The van der Waals surface area contributed by atoms with Crippen LogP contribution in [0.4, 0.5) is 0 Å². The van der Waals surface area contributed by atoms with Crippen LogP contribution in [0.5, 0.6) is 0 Å². The van der Waals surface area contributed by atoms with Crippen LogP contribution in [0.3, 0.4) is 0 Å². The number of benzene rings is 1. The summed E-state index contributed by atoms with van der Waals surface area (Å²) in [6.45, 7) is 0.113. The summed E-state index contributed by atoms with van der Waals surface area (Å²) in [6.07, 6.45) is 6.11. The SMILES string of the molecule is O=[N+]([O-])CC(SCc1ccccc1)C1CCCCC1. The molecule has 0 aromatic heterocycles. The minimum Gasteiger partial charge on any atom is -0.265 e. The summed E-state index contributed by atoms with van der Waals surface area (Å²) in [7, 11) is 0. The van der Waals surface area contributed by atoms with Crippen molar-refractivity contribution in [1.29, 1.82) is 0 Å². The maximum atomic E-state index is 10.9. The Bertz CT molecular complexity index is 390. The zero-order valence-corrected chi connectivity index (χ0v) is 12.0. The number of rotatable bonds is 6. The van der Waals surface area contributed by atoms with Gasteiger partial charge in [-0.2, -0.15) is 0 Å². The highest BCUT2D eigenvalue weighted by molar-refractivity contribution is 7.99.